The highest BCUT2D eigenvalue weighted by Crippen LogP contribution is 2.37. The number of nitrogens with zero attached hydrogens (tertiary/aromatic N) is 1. The molecule has 1 atom stereocenters. The summed E-state index contributed by atoms with van der Waals surface area (Å²) in [6, 6.07) is 3.03. The van der Waals surface area contributed by atoms with Crippen LogP contribution in [-0.4, -0.2) is 30.4 Å². The van der Waals surface area contributed by atoms with Gasteiger partial charge in [-0.05, 0) is 37.7 Å². The van der Waals surface area contributed by atoms with E-state index in [-0.39, 0.29) is 15.5 Å². The standard InChI is InChI=1S/C11H17N3O2S2/c1-11(5-3-7-17-11)8-14-18(15,16)9-4-2-6-13-10(9)12/h2,4,6,14H,3,5,7-8H2,1H3,(H2,12,13). The van der Waals surface area contributed by atoms with Crippen LogP contribution in [0.1, 0.15) is 19.8 Å². The molecule has 18 heavy (non-hydrogen) atoms. The molecule has 3 N–H and O–H groups in total. The molecule has 2 heterocycles. The van der Waals surface area contributed by atoms with Gasteiger partial charge in [0.2, 0.25) is 10.0 Å². The van der Waals surface area contributed by atoms with Crippen LogP contribution in [0.3, 0.4) is 0 Å². The van der Waals surface area contributed by atoms with Crippen molar-refractivity contribution in [3.8, 4) is 0 Å². The summed E-state index contributed by atoms with van der Waals surface area (Å²) >= 11 is 1.81. The molecule has 0 radical (unpaired) electrons. The third-order valence-electron chi connectivity index (χ3n) is 3.03. The number of sulfonamides is 1. The van der Waals surface area contributed by atoms with Crippen molar-refractivity contribution >= 4 is 27.6 Å². The van der Waals surface area contributed by atoms with Crippen LogP contribution >= 0.6 is 11.8 Å². The fourth-order valence-electron chi connectivity index (χ4n) is 1.93. The molecule has 0 aromatic carbocycles. The SMILES string of the molecule is CC1(CNS(=O)(=O)c2cccnc2N)CCCS1. The fraction of sp³-hybridized carbons (Fsp3) is 0.545. The number of hydrogen-bond donors (Lipinski definition) is 2. The second-order valence-electron chi connectivity index (χ2n) is 4.61. The van der Waals surface area contributed by atoms with Gasteiger partial charge in [0.25, 0.3) is 0 Å². The van der Waals surface area contributed by atoms with Gasteiger partial charge in [0.05, 0.1) is 0 Å². The van der Waals surface area contributed by atoms with E-state index in [1.807, 2.05) is 11.8 Å². The molecule has 0 aliphatic carbocycles. The minimum Gasteiger partial charge on any atom is -0.383 e. The van der Waals surface area contributed by atoms with Gasteiger partial charge in [-0.15, -0.1) is 0 Å². The molecule has 1 aromatic rings. The van der Waals surface area contributed by atoms with Crippen molar-refractivity contribution in [1.82, 2.24) is 9.71 Å². The van der Waals surface area contributed by atoms with Gasteiger partial charge in [0.1, 0.15) is 10.7 Å². The van der Waals surface area contributed by atoms with Crippen LogP contribution in [0.25, 0.3) is 0 Å². The topological polar surface area (TPSA) is 85.1 Å². The lowest BCUT2D eigenvalue weighted by atomic mass is 10.1. The van der Waals surface area contributed by atoms with Crippen molar-refractivity contribution in [2.45, 2.75) is 29.4 Å². The molecule has 0 bridgehead atoms. The Bertz CT molecular complexity index is 525. The van der Waals surface area contributed by atoms with Crippen LogP contribution in [0.15, 0.2) is 23.2 Å². The molecule has 100 valence electrons. The lowest BCUT2D eigenvalue weighted by molar-refractivity contribution is 0.552. The summed E-state index contributed by atoms with van der Waals surface area (Å²) in [6.07, 6.45) is 3.64. The van der Waals surface area contributed by atoms with Crippen molar-refractivity contribution in [2.24, 2.45) is 0 Å². The highest BCUT2D eigenvalue weighted by Gasteiger charge is 2.31. The molecule has 0 saturated carbocycles. The summed E-state index contributed by atoms with van der Waals surface area (Å²) < 4.78 is 26.8. The number of rotatable bonds is 4. The van der Waals surface area contributed by atoms with Gasteiger partial charge in [-0.2, -0.15) is 11.8 Å². The fourth-order valence-corrected chi connectivity index (χ4v) is 4.52. The minimum absolute atomic E-state index is 0.00988. The van der Waals surface area contributed by atoms with Crippen LogP contribution in [0, 0.1) is 0 Å². The number of nitrogen functional groups attached to an aromatic ring is 1. The lowest BCUT2D eigenvalue weighted by Crippen LogP contribution is -2.37. The lowest BCUT2D eigenvalue weighted by Gasteiger charge is -2.22. The van der Waals surface area contributed by atoms with Crippen LogP contribution < -0.4 is 10.5 Å². The Morgan fingerprint density at radius 3 is 3.00 bits per heavy atom. The normalized spacial score (nSPS) is 24.3. The van der Waals surface area contributed by atoms with Gasteiger partial charge in [-0.25, -0.2) is 18.1 Å². The first kappa shape index (κ1) is 13.6. The van der Waals surface area contributed by atoms with Crippen LogP contribution in [0.2, 0.25) is 0 Å². The predicted octanol–water partition coefficient (Wildman–Crippen LogP) is 1.23. The Labute approximate surface area is 112 Å². The molecule has 1 fully saturated rings. The molecule has 1 aromatic heterocycles. The first-order valence-corrected chi connectivity index (χ1v) is 8.24. The van der Waals surface area contributed by atoms with Crippen molar-refractivity contribution < 1.29 is 8.42 Å². The first-order chi connectivity index (χ1) is 8.43. The van der Waals surface area contributed by atoms with E-state index >= 15 is 0 Å². The minimum atomic E-state index is -3.57. The van der Waals surface area contributed by atoms with E-state index in [1.165, 1.54) is 12.3 Å². The van der Waals surface area contributed by atoms with Crippen LogP contribution in [-0.2, 0) is 10.0 Å². The highest BCUT2D eigenvalue weighted by molar-refractivity contribution is 8.01. The van der Waals surface area contributed by atoms with Gasteiger partial charge in [0.15, 0.2) is 0 Å². The van der Waals surface area contributed by atoms with Crippen molar-refractivity contribution in [1.29, 1.82) is 0 Å². The van der Waals surface area contributed by atoms with E-state index in [0.29, 0.717) is 6.54 Å². The summed E-state index contributed by atoms with van der Waals surface area (Å²) in [5.41, 5.74) is 5.59. The molecule has 1 aliphatic rings. The Kier molecular flexibility index (Phi) is 3.84. The van der Waals surface area contributed by atoms with E-state index in [0.717, 1.165) is 18.6 Å². The molecule has 1 aliphatic heterocycles. The Balaban J connectivity index is 2.11. The second-order valence-corrected chi connectivity index (χ2v) is 8.03. The largest absolute Gasteiger partial charge is 0.383 e. The monoisotopic (exact) mass is 287 g/mol. The number of anilines is 1. The summed E-state index contributed by atoms with van der Waals surface area (Å²) in [5, 5.41) is 0. The molecule has 0 spiro atoms. The summed E-state index contributed by atoms with van der Waals surface area (Å²) in [4.78, 5) is 3.85. The molecule has 2 rings (SSSR count). The number of nitrogens with two attached hydrogens (primary N) is 1. The number of nitrogens with one attached hydrogen (secondary N) is 1. The van der Waals surface area contributed by atoms with Crippen LogP contribution in [0.4, 0.5) is 5.82 Å². The number of hydrogen-bond acceptors (Lipinski definition) is 5. The zero-order chi connectivity index (χ0) is 13.2. The Hall–Kier alpha value is -0.790. The third-order valence-corrected chi connectivity index (χ3v) is 6.01. The van der Waals surface area contributed by atoms with Gasteiger partial charge in [-0.3, -0.25) is 0 Å². The average Bonchev–Trinajstić information content (AvgIpc) is 2.75. The van der Waals surface area contributed by atoms with E-state index in [9.17, 15) is 8.42 Å². The first-order valence-electron chi connectivity index (χ1n) is 5.77. The van der Waals surface area contributed by atoms with Gasteiger partial charge in [0, 0.05) is 17.5 Å². The molecular formula is C11H17N3O2S2. The van der Waals surface area contributed by atoms with Crippen LogP contribution in [0.5, 0.6) is 0 Å². The zero-order valence-electron chi connectivity index (χ0n) is 10.2. The molecular weight excluding hydrogens is 270 g/mol. The van der Waals surface area contributed by atoms with Crippen molar-refractivity contribution in [2.75, 3.05) is 18.0 Å². The van der Waals surface area contributed by atoms with E-state index in [4.69, 9.17) is 5.73 Å². The molecule has 7 heteroatoms. The Morgan fingerprint density at radius 1 is 1.61 bits per heavy atom. The number of thioether (sulfide) groups is 1. The van der Waals surface area contributed by atoms with Gasteiger partial charge < -0.3 is 5.73 Å². The van der Waals surface area contributed by atoms with E-state index < -0.39 is 10.0 Å². The predicted molar refractivity (Wildman–Crippen MR) is 73.9 cm³/mol. The molecule has 5 nitrogen and oxygen atoms in total. The van der Waals surface area contributed by atoms with E-state index in [2.05, 4.69) is 16.6 Å². The third kappa shape index (κ3) is 2.96. The summed E-state index contributed by atoms with van der Waals surface area (Å²) in [5.74, 6) is 1.13. The zero-order valence-corrected chi connectivity index (χ0v) is 11.9. The maximum Gasteiger partial charge on any atom is 0.244 e. The summed E-state index contributed by atoms with van der Waals surface area (Å²) in [7, 11) is -3.57. The van der Waals surface area contributed by atoms with Crippen molar-refractivity contribution in [3.05, 3.63) is 18.3 Å². The highest BCUT2D eigenvalue weighted by atomic mass is 32.2. The average molecular weight is 287 g/mol. The van der Waals surface area contributed by atoms with Gasteiger partial charge in [-0.1, -0.05) is 0 Å². The smallest absolute Gasteiger partial charge is 0.244 e. The maximum absolute atomic E-state index is 12.1. The molecule has 0 amide bonds. The molecule has 1 unspecified atom stereocenters. The molecule has 1 saturated heterocycles. The van der Waals surface area contributed by atoms with Crippen molar-refractivity contribution in [3.63, 3.8) is 0 Å². The van der Waals surface area contributed by atoms with E-state index in [1.54, 1.807) is 6.07 Å². The second kappa shape index (κ2) is 5.07. The maximum atomic E-state index is 12.1. The Morgan fingerprint density at radius 2 is 2.39 bits per heavy atom. The quantitative estimate of drug-likeness (QED) is 0.870. The summed E-state index contributed by atoms with van der Waals surface area (Å²) in [6.45, 7) is 2.51. The number of aromatic nitrogens is 1. The van der Waals surface area contributed by atoms with Gasteiger partial charge >= 0.3 is 0 Å². The number of pyridine rings is 1.